The average molecular weight is 1930 g/mol. The van der Waals surface area contributed by atoms with Gasteiger partial charge in [0.1, 0.15) is 115 Å². The first-order valence-electron chi connectivity index (χ1n) is 46.2. The third-order valence-electron chi connectivity index (χ3n) is 25.1. The van der Waals surface area contributed by atoms with E-state index in [2.05, 4.69) is 19.9 Å². The van der Waals surface area contributed by atoms with Gasteiger partial charge in [-0.2, -0.15) is 19.9 Å². The van der Waals surface area contributed by atoms with Crippen molar-refractivity contribution in [3.05, 3.63) is 282 Å². The van der Waals surface area contributed by atoms with Gasteiger partial charge in [-0.3, -0.25) is 19.9 Å². The van der Waals surface area contributed by atoms with Crippen molar-refractivity contribution in [3.8, 4) is 162 Å². The molecule has 0 N–H and O–H groups in total. The van der Waals surface area contributed by atoms with Crippen LogP contribution in [-0.2, 0) is 64.2 Å². The summed E-state index contributed by atoms with van der Waals surface area (Å²) in [6, 6.07) is 39.6. The Hall–Kier alpha value is -16.3. The molecular formula is C110H112N8O24. The molecule has 736 valence electrons. The molecule has 32 heteroatoms. The van der Waals surface area contributed by atoms with Gasteiger partial charge in [0.2, 0.25) is 47.0 Å². The van der Waals surface area contributed by atoms with Crippen LogP contribution in [0.1, 0.15) is 137 Å². The Labute approximate surface area is 823 Å². The molecule has 4 aliphatic heterocycles. The third kappa shape index (κ3) is 22.2. The lowest BCUT2D eigenvalue weighted by atomic mass is 9.94. The molecule has 14 aromatic rings. The van der Waals surface area contributed by atoms with Gasteiger partial charge in [-0.1, -0.05) is 0 Å². The Kier molecular flexibility index (Phi) is 30.9. The number of fused-ring (bicyclic) bond motifs is 10. The van der Waals surface area contributed by atoms with Crippen molar-refractivity contribution in [1.82, 2.24) is 39.9 Å². The predicted molar refractivity (Wildman–Crippen MR) is 526 cm³/mol. The molecule has 0 amide bonds. The first kappa shape index (κ1) is 97.4. The maximum Gasteiger partial charge on any atom is 0.241 e. The second-order valence-electron chi connectivity index (χ2n) is 33.7. The number of nitrogens with zero attached hydrogens (tertiary/aromatic N) is 8. The summed E-state index contributed by atoms with van der Waals surface area (Å²) in [5.41, 5.74) is 16.6. The number of aromatic nitrogens is 8. The van der Waals surface area contributed by atoms with Crippen molar-refractivity contribution in [2.75, 3.05) is 140 Å². The average Bonchev–Trinajstić information content (AvgIpc) is 1.07. The lowest BCUT2D eigenvalue weighted by Gasteiger charge is -2.21. The highest BCUT2D eigenvalue weighted by Gasteiger charge is 2.30. The van der Waals surface area contributed by atoms with Gasteiger partial charge >= 0.3 is 0 Å². The largest absolute Gasteiger partial charge is 0.496 e. The topological polar surface area (TPSA) is 325 Å². The van der Waals surface area contributed by atoms with E-state index < -0.39 is 0 Å². The molecule has 0 saturated heterocycles. The van der Waals surface area contributed by atoms with Gasteiger partial charge in [0.15, 0.2) is 0 Å². The summed E-state index contributed by atoms with van der Waals surface area (Å²) in [7, 11) is 26.5. The van der Waals surface area contributed by atoms with Gasteiger partial charge in [0.25, 0.3) is 0 Å². The number of ether oxygens (including phenoxy) is 24. The number of benzene rings is 10. The van der Waals surface area contributed by atoms with Crippen LogP contribution in [0.2, 0.25) is 0 Å². The summed E-state index contributed by atoms with van der Waals surface area (Å²) in [6.45, 7) is 1.56. The summed E-state index contributed by atoms with van der Waals surface area (Å²) in [5, 5.41) is 0. The predicted octanol–water partition coefficient (Wildman–Crippen LogP) is 19.5. The minimum atomic E-state index is 0.231. The third-order valence-corrected chi connectivity index (χ3v) is 25.1. The summed E-state index contributed by atoms with van der Waals surface area (Å²) in [6.07, 6.45) is 19.1. The van der Waals surface area contributed by atoms with Gasteiger partial charge in [-0.25, -0.2) is 0 Å². The second kappa shape index (κ2) is 45.1. The van der Waals surface area contributed by atoms with Crippen molar-refractivity contribution in [1.29, 1.82) is 0 Å². The molecule has 32 nitrogen and oxygen atoms in total. The van der Waals surface area contributed by atoms with Gasteiger partial charge < -0.3 is 114 Å². The second-order valence-corrected chi connectivity index (χ2v) is 33.7. The zero-order valence-electron chi connectivity index (χ0n) is 82.3. The van der Waals surface area contributed by atoms with E-state index in [1.165, 1.54) is 0 Å². The van der Waals surface area contributed by atoms with Crippen LogP contribution in [0.4, 0.5) is 0 Å². The van der Waals surface area contributed by atoms with E-state index >= 15 is 0 Å². The van der Waals surface area contributed by atoms with Crippen molar-refractivity contribution in [3.63, 3.8) is 0 Å². The molecular weight excluding hydrogens is 1820 g/mol. The fourth-order valence-corrected chi connectivity index (χ4v) is 18.0. The number of hydrogen-bond donors (Lipinski definition) is 0. The van der Waals surface area contributed by atoms with E-state index in [4.69, 9.17) is 134 Å². The van der Waals surface area contributed by atoms with E-state index in [-0.39, 0.29) is 23.5 Å². The lowest BCUT2D eigenvalue weighted by Crippen LogP contribution is -2.07. The van der Waals surface area contributed by atoms with Crippen molar-refractivity contribution < 1.29 is 114 Å². The van der Waals surface area contributed by atoms with Crippen LogP contribution < -0.4 is 114 Å². The zero-order chi connectivity index (χ0) is 98.9. The highest BCUT2D eigenvalue weighted by molar-refractivity contribution is 5.65. The quantitative estimate of drug-likeness (QED) is 0.0867. The fourth-order valence-electron chi connectivity index (χ4n) is 18.0. The van der Waals surface area contributed by atoms with Gasteiger partial charge in [0, 0.05) is 175 Å². The molecule has 0 spiro atoms. The number of rotatable bonds is 16. The Morgan fingerprint density at radius 2 is 0.275 bits per heavy atom. The standard InChI is InChI=1S/2C55H56N4O12/c2*1-60-42-20-34-14-36-22-48(66-7)38(24-46(36)64-5)16-40-26-51-41(27-50(40)70-54-30-56-28-52(58-54)68-11-9-10-12-69-53-29-57-31-55(59-53)71-51)17-39-25-47(65-6)37(23-49(39)67-8)15-35-21-43(61-2)33(19-45(35)63-4)13-32(42)18-44(34)62-3/h2*18-31H,9-17H2,1-8H3. The van der Waals surface area contributed by atoms with E-state index in [0.717, 1.165) is 89.0 Å². The van der Waals surface area contributed by atoms with E-state index in [9.17, 15) is 0 Å². The summed E-state index contributed by atoms with van der Waals surface area (Å²) < 4.78 is 149. The highest BCUT2D eigenvalue weighted by Crippen LogP contribution is 2.49. The van der Waals surface area contributed by atoms with Crippen LogP contribution >= 0.6 is 0 Å². The molecule has 32 bridgehead atoms. The van der Waals surface area contributed by atoms with Crippen LogP contribution in [0.25, 0.3) is 0 Å². The Morgan fingerprint density at radius 1 is 0.155 bits per heavy atom. The molecule has 10 aromatic carbocycles. The molecule has 4 aromatic heterocycles. The molecule has 36 rings (SSSR count). The minimum Gasteiger partial charge on any atom is -0.496 e. The fraction of sp³-hybridized carbons (Fsp3) is 0.309. The van der Waals surface area contributed by atoms with Crippen molar-refractivity contribution in [2.45, 2.75) is 89.9 Å². The normalized spacial score (nSPS) is 13.3. The molecule has 0 atom stereocenters. The Morgan fingerprint density at radius 3 is 0.401 bits per heavy atom. The number of hydrogen-bond acceptors (Lipinski definition) is 32. The van der Waals surface area contributed by atoms with Crippen molar-refractivity contribution >= 4 is 0 Å². The summed E-state index contributed by atoms with van der Waals surface area (Å²) in [4.78, 5) is 36.5. The first-order valence-corrected chi connectivity index (χ1v) is 46.2. The van der Waals surface area contributed by atoms with Crippen LogP contribution in [0, 0.1) is 0 Å². The van der Waals surface area contributed by atoms with Crippen LogP contribution in [0.3, 0.4) is 0 Å². The molecule has 0 saturated carbocycles. The maximum absolute atomic E-state index is 6.73. The molecule has 18 aliphatic carbocycles. The monoisotopic (exact) mass is 1930 g/mol. The molecule has 0 fully saturated rings. The molecule has 0 radical (unpaired) electrons. The Balaban J connectivity index is 0.000000195. The highest BCUT2D eigenvalue weighted by atomic mass is 16.5. The van der Waals surface area contributed by atoms with Crippen LogP contribution in [0.15, 0.2) is 171 Å². The van der Waals surface area contributed by atoms with E-state index in [0.29, 0.717) is 277 Å². The Bertz CT molecular complexity index is 6110. The first-order chi connectivity index (χ1) is 69.4. The van der Waals surface area contributed by atoms with E-state index in [1.54, 1.807) is 163 Å². The number of methoxy groups -OCH3 is 16. The van der Waals surface area contributed by atoms with Crippen molar-refractivity contribution in [2.24, 2.45) is 0 Å². The SMILES string of the molecule is COc1cc2c(OC)cc1Cc1cc(OC)c(cc1OC)Cc1cc(OC)c(cc1OC)Cc1cc3c(cc1Oc1cncc(n1)OCCCCOc1cncc(n1)O3)Cc1cc(OC)c(cc1OC)C2.COc1cc2c(OC)cc1Cc1cc(OC)c(cc1OC)Cc1cc(OC)c(cc1OC)Cc1cc3c(cc1Oc1cncc(n1)OCCCCOc1cncc(n1)O3)Cc1cc(OC)c(cc1OC)C2. The smallest absolute Gasteiger partial charge is 0.241 e. The van der Waals surface area contributed by atoms with Crippen LogP contribution in [-0.4, -0.2) is 180 Å². The van der Waals surface area contributed by atoms with Gasteiger partial charge in [-0.15, -0.1) is 0 Å². The summed E-state index contributed by atoms with van der Waals surface area (Å²) >= 11 is 0. The van der Waals surface area contributed by atoms with Gasteiger partial charge in [-0.05, 0) is 147 Å². The molecule has 8 heterocycles. The zero-order valence-corrected chi connectivity index (χ0v) is 82.3. The van der Waals surface area contributed by atoms with E-state index in [1.807, 2.05) is 121 Å². The molecule has 142 heavy (non-hydrogen) atoms. The minimum absolute atomic E-state index is 0.231. The van der Waals surface area contributed by atoms with Gasteiger partial charge in [0.05, 0.1) is 190 Å². The molecule has 22 aliphatic rings. The molecule has 0 unspecified atom stereocenters. The lowest BCUT2D eigenvalue weighted by molar-refractivity contribution is 0.252. The summed E-state index contributed by atoms with van der Waals surface area (Å²) in [5.74, 6) is 14.6. The van der Waals surface area contributed by atoms with Crippen LogP contribution in [0.5, 0.6) is 162 Å². The maximum atomic E-state index is 6.73.